The molecule has 2 N–H and O–H groups in total. The third-order valence-electron chi connectivity index (χ3n) is 4.60. The number of nitrogens with zero attached hydrogens (tertiary/aromatic N) is 1. The van der Waals surface area contributed by atoms with Gasteiger partial charge in [0.1, 0.15) is 6.10 Å². The van der Waals surface area contributed by atoms with Crippen LogP contribution in [0.2, 0.25) is 0 Å². The van der Waals surface area contributed by atoms with E-state index in [0.717, 1.165) is 17.5 Å². The van der Waals surface area contributed by atoms with E-state index in [2.05, 4.69) is 10.3 Å². The fourth-order valence-corrected chi connectivity index (χ4v) is 3.08. The second-order valence-electron chi connectivity index (χ2n) is 6.92. The molecule has 2 atom stereocenters. The Labute approximate surface area is 163 Å². The predicted octanol–water partition coefficient (Wildman–Crippen LogP) is 2.23. The number of carboxylic acids is 1. The van der Waals surface area contributed by atoms with Crippen molar-refractivity contribution in [2.45, 2.75) is 25.9 Å². The van der Waals surface area contributed by atoms with Crippen molar-refractivity contribution in [1.29, 1.82) is 0 Å². The smallest absolute Gasteiger partial charge is 0.308 e. The molecule has 0 saturated carbocycles. The molecule has 1 aromatic heterocycles. The Balaban J connectivity index is 1.58. The van der Waals surface area contributed by atoms with Gasteiger partial charge in [-0.15, -0.1) is 0 Å². The van der Waals surface area contributed by atoms with Gasteiger partial charge in [0.25, 0.3) is 5.91 Å². The lowest BCUT2D eigenvalue weighted by molar-refractivity contribution is -0.141. The van der Waals surface area contributed by atoms with Crippen LogP contribution in [0.3, 0.4) is 0 Å². The summed E-state index contributed by atoms with van der Waals surface area (Å²) in [7, 11) is 0. The first kappa shape index (κ1) is 19.8. The molecule has 0 radical (unpaired) electrons. The van der Waals surface area contributed by atoms with Crippen molar-refractivity contribution in [2.24, 2.45) is 5.92 Å². The van der Waals surface area contributed by atoms with Gasteiger partial charge in [-0.25, -0.2) is 4.98 Å². The molecule has 7 heteroatoms. The highest BCUT2D eigenvalue weighted by Gasteiger charge is 2.21. The fourth-order valence-electron chi connectivity index (χ4n) is 3.08. The first-order valence-corrected chi connectivity index (χ1v) is 9.28. The van der Waals surface area contributed by atoms with Crippen LogP contribution < -0.4 is 10.1 Å². The maximum absolute atomic E-state index is 12.5. The zero-order valence-electron chi connectivity index (χ0n) is 15.8. The van der Waals surface area contributed by atoms with Gasteiger partial charge >= 0.3 is 5.97 Å². The molecule has 0 bridgehead atoms. The van der Waals surface area contributed by atoms with Gasteiger partial charge in [0, 0.05) is 30.8 Å². The number of aryl methyl sites for hydroxylation is 1. The molecule has 1 saturated heterocycles. The summed E-state index contributed by atoms with van der Waals surface area (Å²) in [5, 5.41) is 12.2. The van der Waals surface area contributed by atoms with E-state index in [0.29, 0.717) is 31.1 Å². The Morgan fingerprint density at radius 2 is 2.21 bits per heavy atom. The van der Waals surface area contributed by atoms with Gasteiger partial charge in [-0.2, -0.15) is 0 Å². The standard InChI is InChI=1S/C21H24N2O5/c1-14-3-2-4-15(9-14)10-17(21(25)26)12-23-20(24)16-5-7-22-19(11-16)28-18-6-8-27-13-18/h2-5,7,9,11,17-18H,6,8,10,12-13H2,1H3,(H,23,24)(H,25,26). The molecule has 1 aliphatic heterocycles. The van der Waals surface area contributed by atoms with Crippen molar-refractivity contribution < 1.29 is 24.2 Å². The lowest BCUT2D eigenvalue weighted by Gasteiger charge is -2.15. The van der Waals surface area contributed by atoms with Crippen molar-refractivity contribution in [3.05, 3.63) is 59.3 Å². The van der Waals surface area contributed by atoms with Crippen molar-refractivity contribution >= 4 is 11.9 Å². The summed E-state index contributed by atoms with van der Waals surface area (Å²) >= 11 is 0. The van der Waals surface area contributed by atoms with Crippen LogP contribution in [0, 0.1) is 12.8 Å². The molecule has 2 aromatic rings. The normalized spacial score (nSPS) is 17.1. The maximum Gasteiger partial charge on any atom is 0.308 e. The van der Waals surface area contributed by atoms with Crippen LogP contribution in [-0.2, 0) is 16.0 Å². The minimum Gasteiger partial charge on any atom is -0.481 e. The Morgan fingerprint density at radius 1 is 1.36 bits per heavy atom. The Hall–Kier alpha value is -2.93. The molecule has 1 aromatic carbocycles. The summed E-state index contributed by atoms with van der Waals surface area (Å²) in [4.78, 5) is 28.2. The number of amides is 1. The molecule has 28 heavy (non-hydrogen) atoms. The van der Waals surface area contributed by atoms with E-state index >= 15 is 0 Å². The quantitative estimate of drug-likeness (QED) is 0.724. The molecule has 0 aliphatic carbocycles. The summed E-state index contributed by atoms with van der Waals surface area (Å²) in [6.45, 7) is 3.17. The summed E-state index contributed by atoms with van der Waals surface area (Å²) in [6, 6.07) is 10.8. The molecule has 1 amide bonds. The number of benzene rings is 1. The number of hydrogen-bond acceptors (Lipinski definition) is 5. The number of pyridine rings is 1. The highest BCUT2D eigenvalue weighted by molar-refractivity contribution is 5.94. The number of carboxylic acid groups (broad SMARTS) is 1. The van der Waals surface area contributed by atoms with Crippen molar-refractivity contribution in [3.63, 3.8) is 0 Å². The largest absolute Gasteiger partial charge is 0.481 e. The minimum absolute atomic E-state index is 0.0388. The number of carbonyl (C=O) groups is 2. The van der Waals surface area contributed by atoms with E-state index in [-0.39, 0.29) is 18.6 Å². The van der Waals surface area contributed by atoms with E-state index in [1.807, 2.05) is 31.2 Å². The minimum atomic E-state index is -0.943. The molecule has 1 fully saturated rings. The van der Waals surface area contributed by atoms with Crippen LogP contribution in [-0.4, -0.2) is 47.8 Å². The van der Waals surface area contributed by atoms with E-state index in [9.17, 15) is 14.7 Å². The van der Waals surface area contributed by atoms with Crippen LogP contribution in [0.4, 0.5) is 0 Å². The van der Waals surface area contributed by atoms with Gasteiger partial charge < -0.3 is 19.9 Å². The van der Waals surface area contributed by atoms with Crippen molar-refractivity contribution in [2.75, 3.05) is 19.8 Å². The fraction of sp³-hybridized carbons (Fsp3) is 0.381. The number of aromatic nitrogens is 1. The molecule has 7 nitrogen and oxygen atoms in total. The first-order chi connectivity index (χ1) is 13.5. The third kappa shape index (κ3) is 5.53. The number of carbonyl (C=O) groups excluding carboxylic acids is 1. The first-order valence-electron chi connectivity index (χ1n) is 9.28. The number of rotatable bonds is 8. The molecular formula is C21H24N2O5. The Kier molecular flexibility index (Phi) is 6.60. The van der Waals surface area contributed by atoms with Gasteiger partial charge in [0.15, 0.2) is 0 Å². The van der Waals surface area contributed by atoms with Crippen molar-refractivity contribution in [1.82, 2.24) is 10.3 Å². The average molecular weight is 384 g/mol. The zero-order valence-corrected chi connectivity index (χ0v) is 15.8. The second-order valence-corrected chi connectivity index (χ2v) is 6.92. The molecule has 0 spiro atoms. The number of aliphatic carboxylic acids is 1. The zero-order chi connectivity index (χ0) is 19.9. The number of ether oxygens (including phenoxy) is 2. The van der Waals surface area contributed by atoms with Crippen LogP contribution in [0.5, 0.6) is 5.88 Å². The van der Waals surface area contributed by atoms with Crippen LogP contribution in [0.15, 0.2) is 42.6 Å². The predicted molar refractivity (Wildman–Crippen MR) is 102 cm³/mol. The lowest BCUT2D eigenvalue weighted by atomic mass is 9.98. The molecule has 2 unspecified atom stereocenters. The van der Waals surface area contributed by atoms with Gasteiger partial charge in [0.05, 0.1) is 19.1 Å². The monoisotopic (exact) mass is 384 g/mol. The average Bonchev–Trinajstić information content (AvgIpc) is 3.18. The molecule has 1 aliphatic rings. The van der Waals surface area contributed by atoms with Gasteiger partial charge in [-0.05, 0) is 25.0 Å². The molecule has 148 valence electrons. The summed E-state index contributed by atoms with van der Waals surface area (Å²) in [5.41, 5.74) is 2.38. The SMILES string of the molecule is Cc1cccc(CC(CNC(=O)c2ccnc(OC3CCOC3)c2)C(=O)O)c1. The van der Waals surface area contributed by atoms with Crippen molar-refractivity contribution in [3.8, 4) is 5.88 Å². The molecular weight excluding hydrogens is 360 g/mol. The summed E-state index contributed by atoms with van der Waals surface area (Å²) in [6.07, 6.45) is 2.58. The van der Waals surface area contributed by atoms with Gasteiger partial charge in [-0.3, -0.25) is 9.59 Å². The molecule has 2 heterocycles. The van der Waals surface area contributed by atoms with Crippen LogP contribution >= 0.6 is 0 Å². The topological polar surface area (TPSA) is 97.8 Å². The molecule has 3 rings (SSSR count). The van der Waals surface area contributed by atoms with Gasteiger partial charge in [-0.1, -0.05) is 29.8 Å². The van der Waals surface area contributed by atoms with E-state index in [1.165, 1.54) is 6.20 Å². The maximum atomic E-state index is 12.5. The lowest BCUT2D eigenvalue weighted by Crippen LogP contribution is -2.34. The summed E-state index contributed by atoms with van der Waals surface area (Å²) in [5.74, 6) is -1.65. The number of hydrogen-bond donors (Lipinski definition) is 2. The number of nitrogens with one attached hydrogen (secondary N) is 1. The Bertz CT molecular complexity index is 833. The van der Waals surface area contributed by atoms with Crippen LogP contribution in [0.1, 0.15) is 27.9 Å². The highest BCUT2D eigenvalue weighted by Crippen LogP contribution is 2.16. The Morgan fingerprint density at radius 3 is 2.93 bits per heavy atom. The van der Waals surface area contributed by atoms with E-state index in [1.54, 1.807) is 12.1 Å². The van der Waals surface area contributed by atoms with Crippen LogP contribution in [0.25, 0.3) is 0 Å². The second kappa shape index (κ2) is 9.32. The highest BCUT2D eigenvalue weighted by atomic mass is 16.5. The third-order valence-corrected chi connectivity index (χ3v) is 4.60. The van der Waals surface area contributed by atoms with E-state index in [4.69, 9.17) is 9.47 Å². The van der Waals surface area contributed by atoms with E-state index < -0.39 is 11.9 Å². The summed E-state index contributed by atoms with van der Waals surface area (Å²) < 4.78 is 11.0. The van der Waals surface area contributed by atoms with Gasteiger partial charge in [0.2, 0.25) is 5.88 Å².